The highest BCUT2D eigenvalue weighted by atomic mass is 16.5. The molecule has 13 heavy (non-hydrogen) atoms. The molecule has 0 atom stereocenters. The molecule has 0 aromatic rings. The molecular weight excluding hydrogens is 166 g/mol. The van der Waals surface area contributed by atoms with Crippen LogP contribution in [0, 0.1) is 5.92 Å². The Morgan fingerprint density at radius 2 is 2.15 bits per heavy atom. The van der Waals surface area contributed by atoms with Crippen LogP contribution in [0.25, 0.3) is 0 Å². The van der Waals surface area contributed by atoms with Crippen molar-refractivity contribution in [3.8, 4) is 0 Å². The van der Waals surface area contributed by atoms with Crippen molar-refractivity contribution < 1.29 is 9.84 Å². The number of hydrogen-bond donors (Lipinski definition) is 2. The fraction of sp³-hybridized carbons (Fsp3) is 1.00. The van der Waals surface area contributed by atoms with Crippen LogP contribution in [-0.4, -0.2) is 38.0 Å². The molecule has 0 saturated heterocycles. The van der Waals surface area contributed by atoms with E-state index >= 15 is 0 Å². The topological polar surface area (TPSA) is 41.5 Å². The van der Waals surface area contributed by atoms with Crippen LogP contribution in [0.2, 0.25) is 0 Å². The lowest BCUT2D eigenvalue weighted by Crippen LogP contribution is -2.37. The minimum Gasteiger partial charge on any atom is -0.396 e. The molecule has 0 radical (unpaired) electrons. The minimum atomic E-state index is 0.288. The van der Waals surface area contributed by atoms with E-state index in [1.165, 1.54) is 12.8 Å². The Morgan fingerprint density at radius 3 is 2.77 bits per heavy atom. The highest BCUT2D eigenvalue weighted by Crippen LogP contribution is 2.29. The lowest BCUT2D eigenvalue weighted by molar-refractivity contribution is -0.0314. The summed E-state index contributed by atoms with van der Waals surface area (Å²) < 4.78 is 5.62. The Kier molecular flexibility index (Phi) is 5.35. The number of unbranched alkanes of at least 4 members (excludes halogenated alkanes) is 1. The maximum absolute atomic E-state index is 8.55. The van der Waals surface area contributed by atoms with Gasteiger partial charge in [0, 0.05) is 13.2 Å². The van der Waals surface area contributed by atoms with E-state index in [0.29, 0.717) is 6.10 Å². The summed E-state index contributed by atoms with van der Waals surface area (Å²) in [5.74, 6) is 0.827. The van der Waals surface area contributed by atoms with Gasteiger partial charge in [-0.25, -0.2) is 0 Å². The minimum absolute atomic E-state index is 0.288. The molecule has 0 amide bonds. The monoisotopic (exact) mass is 187 g/mol. The van der Waals surface area contributed by atoms with Gasteiger partial charge in [0.15, 0.2) is 0 Å². The standard InChI is InChI=1S/C10H21NO2/c1-11-8-9-6-10(7-9)13-5-3-2-4-12/h9-12H,2-8H2,1H3. The summed E-state index contributed by atoms with van der Waals surface area (Å²) >= 11 is 0. The van der Waals surface area contributed by atoms with Crippen molar-refractivity contribution in [3.63, 3.8) is 0 Å². The summed E-state index contributed by atoms with van der Waals surface area (Å²) in [7, 11) is 2.00. The smallest absolute Gasteiger partial charge is 0.0581 e. The fourth-order valence-corrected chi connectivity index (χ4v) is 1.73. The van der Waals surface area contributed by atoms with E-state index in [1.807, 2.05) is 7.05 Å². The maximum Gasteiger partial charge on any atom is 0.0581 e. The summed E-state index contributed by atoms with van der Waals surface area (Å²) in [6, 6.07) is 0. The molecule has 1 fully saturated rings. The van der Waals surface area contributed by atoms with Crippen molar-refractivity contribution in [1.82, 2.24) is 5.32 Å². The summed E-state index contributed by atoms with van der Waals surface area (Å²) in [6.07, 6.45) is 4.77. The van der Waals surface area contributed by atoms with Crippen molar-refractivity contribution in [2.75, 3.05) is 26.8 Å². The van der Waals surface area contributed by atoms with Gasteiger partial charge in [-0.05, 0) is 45.2 Å². The Morgan fingerprint density at radius 1 is 1.38 bits per heavy atom. The molecule has 0 bridgehead atoms. The fourth-order valence-electron chi connectivity index (χ4n) is 1.73. The van der Waals surface area contributed by atoms with E-state index in [9.17, 15) is 0 Å². The Hall–Kier alpha value is -0.120. The molecule has 3 nitrogen and oxygen atoms in total. The zero-order valence-electron chi connectivity index (χ0n) is 8.46. The lowest BCUT2D eigenvalue weighted by Gasteiger charge is -2.35. The van der Waals surface area contributed by atoms with Gasteiger partial charge in [-0.1, -0.05) is 0 Å². The van der Waals surface area contributed by atoms with E-state index in [0.717, 1.165) is 31.9 Å². The van der Waals surface area contributed by atoms with Crippen LogP contribution in [0.4, 0.5) is 0 Å². The molecule has 0 aromatic carbocycles. The van der Waals surface area contributed by atoms with Gasteiger partial charge in [-0.15, -0.1) is 0 Å². The predicted molar refractivity (Wildman–Crippen MR) is 52.7 cm³/mol. The zero-order chi connectivity index (χ0) is 9.52. The molecule has 0 aromatic heterocycles. The Bertz CT molecular complexity index is 124. The molecular formula is C10H21NO2. The molecule has 2 N–H and O–H groups in total. The third kappa shape index (κ3) is 4.07. The highest BCUT2D eigenvalue weighted by molar-refractivity contribution is 4.81. The van der Waals surface area contributed by atoms with Crippen LogP contribution < -0.4 is 5.32 Å². The molecule has 1 aliphatic carbocycles. The Labute approximate surface area is 80.5 Å². The first kappa shape index (κ1) is 11.0. The quantitative estimate of drug-likeness (QED) is 0.579. The van der Waals surface area contributed by atoms with E-state index < -0.39 is 0 Å². The molecule has 1 rings (SSSR count). The SMILES string of the molecule is CNCC1CC(OCCCCO)C1. The van der Waals surface area contributed by atoms with E-state index in [-0.39, 0.29) is 6.61 Å². The molecule has 78 valence electrons. The zero-order valence-corrected chi connectivity index (χ0v) is 8.46. The molecule has 0 spiro atoms. The molecule has 3 heteroatoms. The second-order valence-corrected chi connectivity index (χ2v) is 3.82. The van der Waals surface area contributed by atoms with Crippen LogP contribution >= 0.6 is 0 Å². The maximum atomic E-state index is 8.55. The van der Waals surface area contributed by atoms with Crippen LogP contribution in [0.15, 0.2) is 0 Å². The second kappa shape index (κ2) is 6.35. The third-order valence-electron chi connectivity index (χ3n) is 2.59. The first-order chi connectivity index (χ1) is 6.36. The summed E-state index contributed by atoms with van der Waals surface area (Å²) in [4.78, 5) is 0. The van der Waals surface area contributed by atoms with Crippen LogP contribution in [0.5, 0.6) is 0 Å². The van der Waals surface area contributed by atoms with Gasteiger partial charge in [0.2, 0.25) is 0 Å². The van der Waals surface area contributed by atoms with Crippen molar-refractivity contribution in [3.05, 3.63) is 0 Å². The van der Waals surface area contributed by atoms with Crippen molar-refractivity contribution in [1.29, 1.82) is 0 Å². The molecule has 0 heterocycles. The van der Waals surface area contributed by atoms with E-state index in [2.05, 4.69) is 5.32 Å². The van der Waals surface area contributed by atoms with E-state index in [4.69, 9.17) is 9.84 Å². The normalized spacial score (nSPS) is 27.2. The van der Waals surface area contributed by atoms with Crippen LogP contribution in [0.3, 0.4) is 0 Å². The van der Waals surface area contributed by atoms with Crippen molar-refractivity contribution in [2.45, 2.75) is 31.8 Å². The highest BCUT2D eigenvalue weighted by Gasteiger charge is 2.28. The van der Waals surface area contributed by atoms with Crippen LogP contribution in [-0.2, 0) is 4.74 Å². The number of hydrogen-bond acceptors (Lipinski definition) is 3. The van der Waals surface area contributed by atoms with Crippen LogP contribution in [0.1, 0.15) is 25.7 Å². The Balaban J connectivity index is 1.84. The number of ether oxygens (including phenoxy) is 1. The molecule has 1 saturated carbocycles. The van der Waals surface area contributed by atoms with Gasteiger partial charge in [0.1, 0.15) is 0 Å². The number of rotatable bonds is 7. The lowest BCUT2D eigenvalue weighted by atomic mass is 9.82. The largest absolute Gasteiger partial charge is 0.396 e. The molecule has 0 unspecified atom stereocenters. The van der Waals surface area contributed by atoms with Gasteiger partial charge in [0.25, 0.3) is 0 Å². The molecule has 0 aliphatic heterocycles. The average Bonchev–Trinajstić information content (AvgIpc) is 2.07. The van der Waals surface area contributed by atoms with Gasteiger partial charge in [-0.2, -0.15) is 0 Å². The second-order valence-electron chi connectivity index (χ2n) is 3.82. The summed E-state index contributed by atoms with van der Waals surface area (Å²) in [5, 5.41) is 11.7. The predicted octanol–water partition coefficient (Wildman–Crippen LogP) is 0.773. The first-order valence-electron chi connectivity index (χ1n) is 5.24. The average molecular weight is 187 g/mol. The summed E-state index contributed by atoms with van der Waals surface area (Å²) in [5.41, 5.74) is 0. The van der Waals surface area contributed by atoms with Gasteiger partial charge >= 0.3 is 0 Å². The number of nitrogens with one attached hydrogen (secondary N) is 1. The van der Waals surface area contributed by atoms with Gasteiger partial charge in [0.05, 0.1) is 6.10 Å². The number of aliphatic hydroxyl groups is 1. The molecule has 1 aliphatic rings. The van der Waals surface area contributed by atoms with Crippen molar-refractivity contribution >= 4 is 0 Å². The van der Waals surface area contributed by atoms with Crippen molar-refractivity contribution in [2.24, 2.45) is 5.92 Å². The number of aliphatic hydroxyl groups excluding tert-OH is 1. The van der Waals surface area contributed by atoms with Gasteiger partial charge in [-0.3, -0.25) is 0 Å². The van der Waals surface area contributed by atoms with Gasteiger partial charge < -0.3 is 15.2 Å². The summed E-state index contributed by atoms with van der Waals surface area (Å²) in [6.45, 7) is 2.23. The van der Waals surface area contributed by atoms with E-state index in [1.54, 1.807) is 0 Å². The third-order valence-corrected chi connectivity index (χ3v) is 2.59. The first-order valence-corrected chi connectivity index (χ1v) is 5.24.